The van der Waals surface area contributed by atoms with Crippen LogP contribution in [0.1, 0.15) is 28.8 Å². The van der Waals surface area contributed by atoms with Crippen LogP contribution < -0.4 is 14.2 Å². The predicted molar refractivity (Wildman–Crippen MR) is 111 cm³/mol. The number of halogens is 1. The van der Waals surface area contributed by atoms with Crippen molar-refractivity contribution in [3.8, 4) is 28.4 Å². The third-order valence-electron chi connectivity index (χ3n) is 4.75. The molecule has 3 rings (SSSR count). The van der Waals surface area contributed by atoms with Crippen LogP contribution in [0.5, 0.6) is 17.2 Å². The highest BCUT2D eigenvalue weighted by Gasteiger charge is 2.23. The van der Waals surface area contributed by atoms with Crippen LogP contribution in [0.15, 0.2) is 60.7 Å². The van der Waals surface area contributed by atoms with Crippen molar-refractivity contribution in [1.29, 1.82) is 0 Å². The van der Waals surface area contributed by atoms with Crippen molar-refractivity contribution in [2.75, 3.05) is 14.2 Å². The summed E-state index contributed by atoms with van der Waals surface area (Å²) >= 11 is 0. The fourth-order valence-corrected chi connectivity index (χ4v) is 3.05. The number of aldehydes is 1. The van der Waals surface area contributed by atoms with Gasteiger partial charge in [-0.15, -0.1) is 0 Å². The molecule has 0 N–H and O–H groups in total. The minimum absolute atomic E-state index is 0.0591. The summed E-state index contributed by atoms with van der Waals surface area (Å²) in [5, 5.41) is 0. The van der Waals surface area contributed by atoms with Crippen molar-refractivity contribution < 1.29 is 28.2 Å². The molecule has 0 aliphatic rings. The van der Waals surface area contributed by atoms with E-state index in [2.05, 4.69) is 0 Å². The molecule has 0 heterocycles. The van der Waals surface area contributed by atoms with Crippen LogP contribution in [0.3, 0.4) is 0 Å². The standard InChI is InChI=1S/C24H21FO5/c1-15(18-9-10-19(20(25)13-18)17-7-5-4-6-8-17)24(27)30-23-21(28-2)11-16(14-26)12-22(23)29-3/h4-15H,1-3H3. The highest BCUT2D eigenvalue weighted by Crippen LogP contribution is 2.39. The van der Waals surface area contributed by atoms with E-state index in [0.29, 0.717) is 23.0 Å². The fraction of sp³-hybridized carbons (Fsp3) is 0.167. The molecule has 0 radical (unpaired) electrons. The van der Waals surface area contributed by atoms with Gasteiger partial charge in [0.05, 0.1) is 20.1 Å². The third kappa shape index (κ3) is 4.33. The summed E-state index contributed by atoms with van der Waals surface area (Å²) < 4.78 is 30.6. The second-order valence-corrected chi connectivity index (χ2v) is 6.62. The number of carbonyl (C=O) groups excluding carboxylic acids is 2. The number of hydrogen-bond donors (Lipinski definition) is 0. The van der Waals surface area contributed by atoms with Crippen LogP contribution in [0, 0.1) is 5.82 Å². The Balaban J connectivity index is 1.86. The molecule has 0 aliphatic carbocycles. The molecule has 1 atom stereocenters. The van der Waals surface area contributed by atoms with Gasteiger partial charge in [0.25, 0.3) is 0 Å². The summed E-state index contributed by atoms with van der Waals surface area (Å²) in [5.74, 6) is -1.36. The van der Waals surface area contributed by atoms with Gasteiger partial charge >= 0.3 is 5.97 Å². The van der Waals surface area contributed by atoms with Gasteiger partial charge in [-0.3, -0.25) is 9.59 Å². The third-order valence-corrected chi connectivity index (χ3v) is 4.75. The molecule has 0 aliphatic heterocycles. The number of esters is 1. The maximum Gasteiger partial charge on any atom is 0.318 e. The van der Waals surface area contributed by atoms with Gasteiger partial charge < -0.3 is 14.2 Å². The highest BCUT2D eigenvalue weighted by atomic mass is 19.1. The van der Waals surface area contributed by atoms with Crippen LogP contribution in [0.2, 0.25) is 0 Å². The molecule has 154 valence electrons. The van der Waals surface area contributed by atoms with Crippen molar-refractivity contribution in [2.45, 2.75) is 12.8 Å². The van der Waals surface area contributed by atoms with E-state index in [4.69, 9.17) is 14.2 Å². The number of benzene rings is 3. The highest BCUT2D eigenvalue weighted by molar-refractivity contribution is 5.83. The van der Waals surface area contributed by atoms with Gasteiger partial charge in [-0.05, 0) is 36.2 Å². The summed E-state index contributed by atoms with van der Waals surface area (Å²) in [6.07, 6.45) is 0.635. The lowest BCUT2D eigenvalue weighted by molar-refractivity contribution is -0.135. The number of methoxy groups -OCH3 is 2. The Morgan fingerprint density at radius 2 is 1.60 bits per heavy atom. The van der Waals surface area contributed by atoms with Crippen LogP contribution in [-0.2, 0) is 4.79 Å². The van der Waals surface area contributed by atoms with Crippen LogP contribution in [-0.4, -0.2) is 26.5 Å². The first kappa shape index (κ1) is 21.0. The Kier molecular flexibility index (Phi) is 6.47. The maximum absolute atomic E-state index is 14.7. The zero-order valence-electron chi connectivity index (χ0n) is 16.8. The number of ether oxygens (including phenoxy) is 3. The summed E-state index contributed by atoms with van der Waals surface area (Å²) in [6.45, 7) is 1.62. The second-order valence-electron chi connectivity index (χ2n) is 6.62. The molecule has 1 unspecified atom stereocenters. The minimum Gasteiger partial charge on any atom is -0.493 e. The summed E-state index contributed by atoms with van der Waals surface area (Å²) in [6, 6.07) is 16.7. The molecular formula is C24H21FO5. The molecule has 5 nitrogen and oxygen atoms in total. The Hall–Kier alpha value is -3.67. The SMILES string of the molecule is COc1cc(C=O)cc(OC)c1OC(=O)C(C)c1ccc(-c2ccccc2)c(F)c1. The first-order valence-corrected chi connectivity index (χ1v) is 9.26. The Morgan fingerprint density at radius 1 is 0.967 bits per heavy atom. The van der Waals surface area contributed by atoms with Crippen molar-refractivity contribution in [3.63, 3.8) is 0 Å². The smallest absolute Gasteiger partial charge is 0.318 e. The average molecular weight is 408 g/mol. The molecule has 3 aromatic carbocycles. The van der Waals surface area contributed by atoms with Crippen molar-refractivity contribution in [2.24, 2.45) is 0 Å². The lowest BCUT2D eigenvalue weighted by Crippen LogP contribution is -2.17. The van der Waals surface area contributed by atoms with Gasteiger partial charge in [0.1, 0.15) is 12.1 Å². The van der Waals surface area contributed by atoms with E-state index in [-0.39, 0.29) is 17.2 Å². The summed E-state index contributed by atoms with van der Waals surface area (Å²) in [5.41, 5.74) is 1.99. The first-order chi connectivity index (χ1) is 14.5. The van der Waals surface area contributed by atoms with E-state index in [1.54, 1.807) is 19.1 Å². The average Bonchev–Trinajstić information content (AvgIpc) is 2.78. The fourth-order valence-electron chi connectivity index (χ4n) is 3.05. The number of hydrogen-bond acceptors (Lipinski definition) is 5. The number of rotatable bonds is 7. The molecule has 3 aromatic rings. The normalized spacial score (nSPS) is 11.5. The second kappa shape index (κ2) is 9.22. The zero-order valence-corrected chi connectivity index (χ0v) is 16.8. The molecule has 6 heteroatoms. The summed E-state index contributed by atoms with van der Waals surface area (Å²) in [4.78, 5) is 23.8. The monoisotopic (exact) mass is 408 g/mol. The van der Waals surface area contributed by atoms with Gasteiger partial charge in [-0.25, -0.2) is 4.39 Å². The van der Waals surface area contributed by atoms with Gasteiger partial charge in [0.2, 0.25) is 5.75 Å². The lowest BCUT2D eigenvalue weighted by atomic mass is 9.97. The van der Waals surface area contributed by atoms with Gasteiger partial charge in [0.15, 0.2) is 11.5 Å². The van der Waals surface area contributed by atoms with E-state index in [9.17, 15) is 14.0 Å². The molecule has 0 amide bonds. The van der Waals surface area contributed by atoms with Gasteiger partial charge in [0, 0.05) is 11.1 Å². The van der Waals surface area contributed by atoms with Crippen molar-refractivity contribution in [1.82, 2.24) is 0 Å². The molecule has 0 bridgehead atoms. The Morgan fingerprint density at radius 3 is 2.13 bits per heavy atom. The molecule has 0 saturated heterocycles. The number of carbonyl (C=O) groups is 2. The zero-order chi connectivity index (χ0) is 21.7. The molecule has 0 spiro atoms. The van der Waals surface area contributed by atoms with E-state index in [1.807, 2.05) is 30.3 Å². The summed E-state index contributed by atoms with van der Waals surface area (Å²) in [7, 11) is 2.78. The first-order valence-electron chi connectivity index (χ1n) is 9.26. The molecule has 30 heavy (non-hydrogen) atoms. The van der Waals surface area contributed by atoms with Crippen LogP contribution >= 0.6 is 0 Å². The molecule has 0 fully saturated rings. The quantitative estimate of drug-likeness (QED) is 0.312. The van der Waals surface area contributed by atoms with E-state index >= 15 is 0 Å². The molecule has 0 saturated carbocycles. The topological polar surface area (TPSA) is 61.8 Å². The van der Waals surface area contributed by atoms with Crippen LogP contribution in [0.4, 0.5) is 4.39 Å². The Labute approximate surface area is 174 Å². The largest absolute Gasteiger partial charge is 0.493 e. The van der Waals surface area contributed by atoms with Crippen LogP contribution in [0.25, 0.3) is 11.1 Å². The molecular weight excluding hydrogens is 387 g/mol. The maximum atomic E-state index is 14.7. The van der Waals surface area contributed by atoms with Gasteiger partial charge in [-0.1, -0.05) is 42.5 Å². The minimum atomic E-state index is -0.746. The Bertz CT molecular complexity index is 1040. The lowest BCUT2D eigenvalue weighted by Gasteiger charge is -2.17. The predicted octanol–water partition coefficient (Wildman–Crippen LogP) is 5.03. The van der Waals surface area contributed by atoms with E-state index in [0.717, 1.165) is 5.56 Å². The van der Waals surface area contributed by atoms with Crippen molar-refractivity contribution >= 4 is 12.3 Å². The van der Waals surface area contributed by atoms with E-state index < -0.39 is 17.7 Å². The van der Waals surface area contributed by atoms with Gasteiger partial charge in [-0.2, -0.15) is 0 Å². The molecule has 0 aromatic heterocycles. The van der Waals surface area contributed by atoms with E-state index in [1.165, 1.54) is 32.4 Å². The van der Waals surface area contributed by atoms with Crippen molar-refractivity contribution in [3.05, 3.63) is 77.6 Å².